The molecule has 0 spiro atoms. The van der Waals surface area contributed by atoms with Gasteiger partial charge in [0.1, 0.15) is 0 Å². The molecule has 9 nitrogen and oxygen atoms in total. The number of hydrogen-bond acceptors (Lipinski definition) is 8. The van der Waals surface area contributed by atoms with Crippen molar-refractivity contribution in [2.75, 3.05) is 25.2 Å². The number of nitrogens with one attached hydrogen (secondary N) is 1. The Hall–Kier alpha value is -2.92. The normalized spacial score (nSPS) is 11.5. The monoisotopic (exact) mass is 427 g/mol. The second-order valence-corrected chi connectivity index (χ2v) is 9.33. The molecule has 0 radical (unpaired) electrons. The topological polar surface area (TPSA) is 133 Å². The quantitative estimate of drug-likeness (QED) is 0.685. The van der Waals surface area contributed by atoms with Gasteiger partial charge in [0.15, 0.2) is 9.84 Å². The van der Waals surface area contributed by atoms with E-state index in [2.05, 4.69) is 14.2 Å². The van der Waals surface area contributed by atoms with Crippen LogP contribution < -0.4 is 4.72 Å². The fraction of sp³-hybridized carbons (Fsp3) is 0.176. The summed E-state index contributed by atoms with van der Waals surface area (Å²) in [6.07, 6.45) is 1.00. The maximum atomic E-state index is 12.6. The summed E-state index contributed by atoms with van der Waals surface area (Å²) >= 11 is 0. The van der Waals surface area contributed by atoms with Gasteiger partial charge in [-0.25, -0.2) is 26.4 Å². The van der Waals surface area contributed by atoms with Crippen LogP contribution in [0.1, 0.15) is 20.7 Å². The van der Waals surface area contributed by atoms with E-state index in [4.69, 9.17) is 0 Å². The summed E-state index contributed by atoms with van der Waals surface area (Å²) in [5.41, 5.74) is -0.193. The Bertz CT molecular complexity index is 1090. The first-order valence-electron chi connectivity index (χ1n) is 7.62. The molecule has 28 heavy (non-hydrogen) atoms. The second-order valence-electron chi connectivity index (χ2n) is 5.63. The molecule has 0 heterocycles. The average molecular weight is 427 g/mol. The van der Waals surface area contributed by atoms with Gasteiger partial charge in [-0.15, -0.1) is 0 Å². The molecule has 0 amide bonds. The number of hydrogen-bond donors (Lipinski definition) is 1. The lowest BCUT2D eigenvalue weighted by Crippen LogP contribution is -2.15. The van der Waals surface area contributed by atoms with Crippen molar-refractivity contribution in [2.24, 2.45) is 0 Å². The SMILES string of the molecule is COC(=O)c1cc(NS(=O)(=O)c2ccc(S(C)(=O)=O)cc2)cc(C(=O)OC)c1. The Labute approximate surface area is 162 Å². The van der Waals surface area contributed by atoms with E-state index < -0.39 is 31.8 Å². The molecule has 2 rings (SSSR count). The Kier molecular flexibility index (Phi) is 6.10. The van der Waals surface area contributed by atoms with Gasteiger partial charge >= 0.3 is 11.9 Å². The van der Waals surface area contributed by atoms with E-state index in [1.165, 1.54) is 18.2 Å². The first-order chi connectivity index (χ1) is 13.0. The van der Waals surface area contributed by atoms with Gasteiger partial charge in [-0.3, -0.25) is 4.72 Å². The number of esters is 2. The zero-order chi connectivity index (χ0) is 21.1. The number of carbonyl (C=O) groups is 2. The van der Waals surface area contributed by atoms with E-state index in [0.29, 0.717) is 0 Å². The van der Waals surface area contributed by atoms with Crippen LogP contribution in [0.5, 0.6) is 0 Å². The van der Waals surface area contributed by atoms with E-state index in [1.807, 2.05) is 0 Å². The zero-order valence-electron chi connectivity index (χ0n) is 15.1. The molecule has 0 aliphatic rings. The van der Waals surface area contributed by atoms with Crippen molar-refractivity contribution in [1.29, 1.82) is 0 Å². The average Bonchev–Trinajstić information content (AvgIpc) is 2.65. The third-order valence-corrected chi connectivity index (χ3v) is 6.12. The Morgan fingerprint density at radius 3 is 1.61 bits per heavy atom. The number of carbonyl (C=O) groups excluding carboxylic acids is 2. The standard InChI is InChI=1S/C17H17NO8S2/c1-25-16(19)11-8-12(17(20)26-2)10-13(9-11)18-28(23,24)15-6-4-14(5-7-15)27(3,21)22/h4-10,18H,1-3H3. The summed E-state index contributed by atoms with van der Waals surface area (Å²) in [5.74, 6) is -1.55. The molecule has 11 heteroatoms. The molecule has 0 atom stereocenters. The van der Waals surface area contributed by atoms with Crippen LogP contribution in [-0.4, -0.2) is 49.2 Å². The molecule has 0 aliphatic carbocycles. The third-order valence-electron chi connectivity index (χ3n) is 3.59. The summed E-state index contributed by atoms with van der Waals surface area (Å²) in [4.78, 5) is 23.3. The second kappa shape index (κ2) is 7.98. The first-order valence-corrected chi connectivity index (χ1v) is 11.0. The van der Waals surface area contributed by atoms with Gasteiger partial charge in [0, 0.05) is 6.26 Å². The van der Waals surface area contributed by atoms with Crippen LogP contribution in [0, 0.1) is 0 Å². The van der Waals surface area contributed by atoms with Gasteiger partial charge in [0.25, 0.3) is 10.0 Å². The number of ether oxygens (including phenoxy) is 2. The minimum atomic E-state index is -4.12. The Balaban J connectivity index is 2.44. The van der Waals surface area contributed by atoms with E-state index in [1.54, 1.807) is 0 Å². The molecule has 150 valence electrons. The van der Waals surface area contributed by atoms with Crippen LogP contribution in [-0.2, 0) is 29.3 Å². The molecule has 0 saturated heterocycles. The van der Waals surface area contributed by atoms with Gasteiger partial charge in [-0.05, 0) is 42.5 Å². The molecule has 0 aliphatic heterocycles. The summed E-state index contributed by atoms with van der Waals surface area (Å²) in [6, 6.07) is 8.18. The van der Waals surface area contributed by atoms with Gasteiger partial charge < -0.3 is 9.47 Å². The predicted molar refractivity (Wildman–Crippen MR) is 99.5 cm³/mol. The molecular formula is C17H17NO8S2. The molecule has 0 saturated carbocycles. The summed E-state index contributed by atoms with van der Waals surface area (Å²) in [7, 11) is -5.32. The third kappa shape index (κ3) is 4.87. The minimum absolute atomic E-state index is 0.0351. The number of benzene rings is 2. The van der Waals surface area contributed by atoms with Crippen molar-refractivity contribution in [1.82, 2.24) is 0 Å². The van der Waals surface area contributed by atoms with Gasteiger partial charge in [-0.2, -0.15) is 0 Å². The van der Waals surface area contributed by atoms with Crippen LogP contribution in [0.3, 0.4) is 0 Å². The number of sulfone groups is 1. The first kappa shape index (κ1) is 21.4. The van der Waals surface area contributed by atoms with Crippen LogP contribution in [0.2, 0.25) is 0 Å². The molecule has 1 N–H and O–H groups in total. The van der Waals surface area contributed by atoms with E-state index in [9.17, 15) is 26.4 Å². The highest BCUT2D eigenvalue weighted by Gasteiger charge is 2.19. The highest BCUT2D eigenvalue weighted by Crippen LogP contribution is 2.22. The van der Waals surface area contributed by atoms with Gasteiger partial charge in [0.2, 0.25) is 0 Å². The summed E-state index contributed by atoms with van der Waals surface area (Å²) in [6.45, 7) is 0. The smallest absolute Gasteiger partial charge is 0.337 e. The number of sulfonamides is 1. The molecular weight excluding hydrogens is 410 g/mol. The lowest BCUT2D eigenvalue weighted by atomic mass is 10.1. The molecule has 2 aromatic rings. The lowest BCUT2D eigenvalue weighted by Gasteiger charge is -2.11. The van der Waals surface area contributed by atoms with E-state index >= 15 is 0 Å². The highest BCUT2D eigenvalue weighted by atomic mass is 32.2. The molecule has 0 aromatic heterocycles. The minimum Gasteiger partial charge on any atom is -0.465 e. The predicted octanol–water partition coefficient (Wildman–Crippen LogP) is 1.46. The fourth-order valence-corrected chi connectivity index (χ4v) is 3.91. The molecule has 0 bridgehead atoms. The summed E-state index contributed by atoms with van der Waals surface area (Å²) < 4.78 is 59.6. The van der Waals surface area contributed by atoms with E-state index in [-0.39, 0.29) is 26.6 Å². The van der Waals surface area contributed by atoms with Crippen molar-refractivity contribution in [3.8, 4) is 0 Å². The van der Waals surface area contributed by atoms with E-state index in [0.717, 1.165) is 44.7 Å². The lowest BCUT2D eigenvalue weighted by molar-refractivity contribution is 0.0599. The highest BCUT2D eigenvalue weighted by molar-refractivity contribution is 7.92. The van der Waals surface area contributed by atoms with Gasteiger partial charge in [-0.1, -0.05) is 0 Å². The van der Waals surface area contributed by atoms with Crippen LogP contribution in [0.4, 0.5) is 5.69 Å². The molecule has 0 fully saturated rings. The van der Waals surface area contributed by atoms with Crippen molar-refractivity contribution in [3.63, 3.8) is 0 Å². The van der Waals surface area contributed by atoms with Crippen molar-refractivity contribution in [2.45, 2.75) is 9.79 Å². The maximum absolute atomic E-state index is 12.6. The van der Waals surface area contributed by atoms with Crippen LogP contribution in [0.15, 0.2) is 52.3 Å². The zero-order valence-corrected chi connectivity index (χ0v) is 16.8. The van der Waals surface area contributed by atoms with Crippen LogP contribution >= 0.6 is 0 Å². The maximum Gasteiger partial charge on any atom is 0.337 e. The summed E-state index contributed by atoms with van der Waals surface area (Å²) in [5, 5.41) is 0. The Morgan fingerprint density at radius 1 is 0.786 bits per heavy atom. The van der Waals surface area contributed by atoms with Crippen LogP contribution in [0.25, 0.3) is 0 Å². The number of rotatable bonds is 6. The van der Waals surface area contributed by atoms with Gasteiger partial charge in [0.05, 0.1) is 40.8 Å². The number of anilines is 1. The largest absolute Gasteiger partial charge is 0.465 e. The van der Waals surface area contributed by atoms with Crippen molar-refractivity contribution in [3.05, 3.63) is 53.6 Å². The van der Waals surface area contributed by atoms with Crippen molar-refractivity contribution >= 4 is 37.5 Å². The van der Waals surface area contributed by atoms with Crippen molar-refractivity contribution < 1.29 is 35.9 Å². The number of methoxy groups -OCH3 is 2. The molecule has 2 aromatic carbocycles. The fourth-order valence-electron chi connectivity index (χ4n) is 2.24. The Morgan fingerprint density at radius 2 is 1.21 bits per heavy atom. The molecule has 0 unspecified atom stereocenters.